The van der Waals surface area contributed by atoms with Crippen molar-refractivity contribution in [2.24, 2.45) is 0 Å². The van der Waals surface area contributed by atoms with Gasteiger partial charge in [0.05, 0.1) is 23.3 Å². The van der Waals surface area contributed by atoms with Gasteiger partial charge in [-0.1, -0.05) is 0 Å². The molecule has 0 saturated carbocycles. The number of sulfonamides is 1. The van der Waals surface area contributed by atoms with E-state index in [0.717, 1.165) is 17.8 Å². The molecular weight excluding hydrogens is 398 g/mol. The number of furan rings is 1. The third-order valence-electron chi connectivity index (χ3n) is 4.47. The van der Waals surface area contributed by atoms with Crippen LogP contribution in [-0.2, 0) is 21.2 Å². The number of carbonyl (C=O) groups excluding carboxylic acids is 1. The lowest BCUT2D eigenvalue weighted by atomic mass is 10.3. The van der Waals surface area contributed by atoms with Crippen molar-refractivity contribution >= 4 is 33.0 Å². The minimum Gasteiger partial charge on any atom is -0.462 e. The summed E-state index contributed by atoms with van der Waals surface area (Å²) in [5.74, 6) is 0.456. The summed E-state index contributed by atoms with van der Waals surface area (Å²) in [5.41, 5.74) is 1.20. The Hall–Kier alpha value is -2.49. The molecule has 1 amide bonds. The van der Waals surface area contributed by atoms with Gasteiger partial charge < -0.3 is 9.73 Å². The zero-order valence-electron chi connectivity index (χ0n) is 15.0. The molecule has 3 heterocycles. The third kappa shape index (κ3) is 4.01. The predicted octanol–water partition coefficient (Wildman–Crippen LogP) is 3.37. The highest BCUT2D eigenvalue weighted by atomic mass is 32.2. The van der Waals surface area contributed by atoms with Crippen molar-refractivity contribution < 1.29 is 17.6 Å². The number of nitrogens with zero attached hydrogens (tertiary/aromatic N) is 2. The van der Waals surface area contributed by atoms with E-state index in [-0.39, 0.29) is 17.2 Å². The number of hydrogen-bond donors (Lipinski definition) is 1. The highest BCUT2D eigenvalue weighted by Gasteiger charge is 2.26. The van der Waals surface area contributed by atoms with Crippen LogP contribution >= 0.6 is 11.3 Å². The summed E-state index contributed by atoms with van der Waals surface area (Å²) in [6, 6.07) is 9.88. The van der Waals surface area contributed by atoms with Crippen LogP contribution in [0, 0.1) is 0 Å². The minimum absolute atomic E-state index is 0.130. The number of amides is 1. The monoisotopic (exact) mass is 417 g/mol. The second-order valence-electron chi connectivity index (χ2n) is 6.48. The fourth-order valence-corrected chi connectivity index (χ4v) is 5.36. The van der Waals surface area contributed by atoms with E-state index < -0.39 is 10.0 Å². The number of rotatable bonds is 6. The molecule has 0 radical (unpaired) electrons. The van der Waals surface area contributed by atoms with Gasteiger partial charge in [-0.3, -0.25) is 4.79 Å². The molecule has 0 spiro atoms. The molecule has 28 heavy (non-hydrogen) atoms. The van der Waals surface area contributed by atoms with E-state index in [4.69, 9.17) is 4.42 Å². The van der Waals surface area contributed by atoms with Crippen LogP contribution in [0.3, 0.4) is 0 Å². The Kier molecular flexibility index (Phi) is 5.29. The molecule has 1 aromatic carbocycles. The quantitative estimate of drug-likeness (QED) is 0.664. The molecule has 3 aromatic rings. The van der Waals surface area contributed by atoms with Gasteiger partial charge >= 0.3 is 0 Å². The highest BCUT2D eigenvalue weighted by Crippen LogP contribution is 2.25. The first-order valence-electron chi connectivity index (χ1n) is 8.91. The normalized spacial score (nSPS) is 15.0. The van der Waals surface area contributed by atoms with Gasteiger partial charge in [-0.2, -0.15) is 4.31 Å². The first kappa shape index (κ1) is 18.9. The maximum absolute atomic E-state index is 12.5. The second-order valence-corrected chi connectivity index (χ2v) is 9.28. The Bertz CT molecular complexity index is 1050. The summed E-state index contributed by atoms with van der Waals surface area (Å²) in [6.45, 7) is 1.13. The van der Waals surface area contributed by atoms with Crippen molar-refractivity contribution in [3.8, 4) is 10.8 Å². The van der Waals surface area contributed by atoms with Gasteiger partial charge in [0.15, 0.2) is 10.8 Å². The average molecular weight is 418 g/mol. The summed E-state index contributed by atoms with van der Waals surface area (Å²) < 4.78 is 31.9. The summed E-state index contributed by atoms with van der Waals surface area (Å²) in [5, 5.41) is 5.33. The summed E-state index contributed by atoms with van der Waals surface area (Å²) in [4.78, 5) is 16.9. The maximum atomic E-state index is 12.5. The number of thiazole rings is 1. The van der Waals surface area contributed by atoms with E-state index in [2.05, 4.69) is 10.3 Å². The molecule has 1 N–H and O–H groups in total. The predicted molar refractivity (Wildman–Crippen MR) is 107 cm³/mol. The first-order chi connectivity index (χ1) is 13.5. The van der Waals surface area contributed by atoms with Gasteiger partial charge in [0.25, 0.3) is 0 Å². The topological polar surface area (TPSA) is 92.5 Å². The molecule has 0 bridgehead atoms. The van der Waals surface area contributed by atoms with Crippen LogP contribution in [0.25, 0.3) is 10.8 Å². The van der Waals surface area contributed by atoms with Crippen molar-refractivity contribution in [3.63, 3.8) is 0 Å². The van der Waals surface area contributed by atoms with Crippen molar-refractivity contribution in [1.29, 1.82) is 0 Å². The van der Waals surface area contributed by atoms with Gasteiger partial charge in [-0.25, -0.2) is 13.4 Å². The van der Waals surface area contributed by atoms with Crippen LogP contribution in [-0.4, -0.2) is 36.7 Å². The van der Waals surface area contributed by atoms with E-state index in [1.807, 2.05) is 11.4 Å². The smallest absolute Gasteiger partial charge is 0.243 e. The molecule has 1 aliphatic rings. The Morgan fingerprint density at radius 1 is 1.18 bits per heavy atom. The Labute approximate surface area is 167 Å². The molecule has 0 atom stereocenters. The average Bonchev–Trinajstić information content (AvgIpc) is 3.44. The fourth-order valence-electron chi connectivity index (χ4n) is 3.06. The van der Waals surface area contributed by atoms with Gasteiger partial charge in [0.2, 0.25) is 15.9 Å². The largest absolute Gasteiger partial charge is 0.462 e. The van der Waals surface area contributed by atoms with Gasteiger partial charge in [-0.05, 0) is 49.2 Å². The van der Waals surface area contributed by atoms with Crippen LogP contribution in [0.4, 0.5) is 5.69 Å². The molecule has 0 unspecified atom stereocenters. The maximum Gasteiger partial charge on any atom is 0.243 e. The molecule has 9 heteroatoms. The van der Waals surface area contributed by atoms with Crippen LogP contribution in [0.2, 0.25) is 0 Å². The number of benzene rings is 1. The van der Waals surface area contributed by atoms with Gasteiger partial charge in [0, 0.05) is 24.2 Å². The first-order valence-corrected chi connectivity index (χ1v) is 11.2. The number of aromatic nitrogens is 1. The van der Waals surface area contributed by atoms with Crippen LogP contribution in [0.15, 0.2) is 57.4 Å². The molecular formula is C19H19N3O4S2. The highest BCUT2D eigenvalue weighted by molar-refractivity contribution is 7.89. The SMILES string of the molecule is O=C(Cc1csc(-c2ccco2)n1)Nc1ccc(S(=O)(=O)N2CCCC2)cc1. The minimum atomic E-state index is -3.45. The van der Waals surface area contributed by atoms with Crippen LogP contribution < -0.4 is 5.32 Å². The summed E-state index contributed by atoms with van der Waals surface area (Å²) >= 11 is 1.42. The van der Waals surface area contributed by atoms with Crippen molar-refractivity contribution in [2.45, 2.75) is 24.2 Å². The van der Waals surface area contributed by atoms with Gasteiger partial charge in [-0.15, -0.1) is 11.3 Å². The molecule has 1 saturated heterocycles. The molecule has 0 aliphatic carbocycles. The lowest BCUT2D eigenvalue weighted by Gasteiger charge is -2.15. The molecule has 146 valence electrons. The van der Waals surface area contributed by atoms with Crippen molar-refractivity contribution in [3.05, 3.63) is 53.7 Å². The van der Waals surface area contributed by atoms with Crippen molar-refractivity contribution in [1.82, 2.24) is 9.29 Å². The number of anilines is 1. The third-order valence-corrected chi connectivity index (χ3v) is 7.28. The lowest BCUT2D eigenvalue weighted by Crippen LogP contribution is -2.27. The fraction of sp³-hybridized carbons (Fsp3) is 0.263. The Morgan fingerprint density at radius 3 is 2.61 bits per heavy atom. The second kappa shape index (κ2) is 7.86. The van der Waals surface area contributed by atoms with Crippen molar-refractivity contribution in [2.75, 3.05) is 18.4 Å². The molecule has 1 fully saturated rings. The van der Waals surface area contributed by atoms with E-state index in [9.17, 15) is 13.2 Å². The lowest BCUT2D eigenvalue weighted by molar-refractivity contribution is -0.115. The number of carbonyl (C=O) groups is 1. The van der Waals surface area contributed by atoms with Crippen LogP contribution in [0.1, 0.15) is 18.5 Å². The standard InChI is InChI=1S/C19H19N3O4S2/c23-18(12-15-13-27-19(21-15)17-4-3-11-26-17)20-14-5-7-16(8-6-14)28(24,25)22-9-1-2-10-22/h3-8,11,13H,1-2,9-10,12H2,(H,20,23). The Balaban J connectivity index is 1.38. The molecule has 2 aromatic heterocycles. The van der Waals surface area contributed by atoms with E-state index in [1.54, 1.807) is 24.5 Å². The van der Waals surface area contributed by atoms with Crippen LogP contribution in [0.5, 0.6) is 0 Å². The number of hydrogen-bond acceptors (Lipinski definition) is 6. The molecule has 4 rings (SSSR count). The van der Waals surface area contributed by atoms with E-state index in [0.29, 0.717) is 30.2 Å². The zero-order valence-corrected chi connectivity index (χ0v) is 16.6. The number of nitrogens with one attached hydrogen (secondary N) is 1. The molecule has 1 aliphatic heterocycles. The summed E-state index contributed by atoms with van der Waals surface area (Å²) in [7, 11) is -3.45. The summed E-state index contributed by atoms with van der Waals surface area (Å²) in [6.07, 6.45) is 3.50. The molecule has 7 nitrogen and oxygen atoms in total. The van der Waals surface area contributed by atoms with E-state index >= 15 is 0 Å². The van der Waals surface area contributed by atoms with E-state index in [1.165, 1.54) is 27.8 Å². The Morgan fingerprint density at radius 2 is 1.93 bits per heavy atom. The zero-order chi connectivity index (χ0) is 19.6. The van der Waals surface area contributed by atoms with Gasteiger partial charge in [0.1, 0.15) is 0 Å².